The first kappa shape index (κ1) is 13.5. The molecule has 0 unspecified atom stereocenters. The van der Waals surface area contributed by atoms with Gasteiger partial charge in [-0.15, -0.1) is 0 Å². The van der Waals surface area contributed by atoms with Crippen LogP contribution in [0.4, 0.5) is 5.95 Å². The van der Waals surface area contributed by atoms with Gasteiger partial charge in [0.15, 0.2) is 0 Å². The van der Waals surface area contributed by atoms with E-state index in [0.29, 0.717) is 16.4 Å². The van der Waals surface area contributed by atoms with Gasteiger partial charge in [-0.05, 0) is 35.9 Å². The van der Waals surface area contributed by atoms with Crippen molar-refractivity contribution < 1.29 is 4.79 Å². The van der Waals surface area contributed by atoms with Crippen LogP contribution in [0.15, 0.2) is 48.5 Å². The number of hydrogen-bond acceptors (Lipinski definition) is 3. The van der Waals surface area contributed by atoms with Gasteiger partial charge < -0.3 is 0 Å². The highest BCUT2D eigenvalue weighted by Crippen LogP contribution is 2.17. The number of benzene rings is 2. The summed E-state index contributed by atoms with van der Waals surface area (Å²) in [5, 5.41) is 5.06. The third-order valence-corrected chi connectivity index (χ3v) is 3.25. The fraction of sp³-hybridized carbons (Fsp3) is 0.0625. The van der Waals surface area contributed by atoms with Crippen molar-refractivity contribution >= 4 is 34.2 Å². The van der Waals surface area contributed by atoms with Gasteiger partial charge in [0.1, 0.15) is 5.15 Å². The number of fused-ring (bicyclic) bond motifs is 1. The van der Waals surface area contributed by atoms with Gasteiger partial charge >= 0.3 is 0 Å². The normalized spacial score (nSPS) is 10.6. The first-order valence-corrected chi connectivity index (χ1v) is 6.81. The summed E-state index contributed by atoms with van der Waals surface area (Å²) in [5.74, 6) is -0.0550. The number of aromatic nitrogens is 2. The zero-order chi connectivity index (χ0) is 14.8. The van der Waals surface area contributed by atoms with E-state index in [9.17, 15) is 4.79 Å². The number of carbonyl (C=O) groups excluding carboxylic acids is 1. The molecule has 3 rings (SSSR count). The number of rotatable bonds is 2. The molecule has 0 saturated carbocycles. The second kappa shape index (κ2) is 5.50. The Labute approximate surface area is 126 Å². The molecule has 1 amide bonds. The van der Waals surface area contributed by atoms with Crippen molar-refractivity contribution in [3.63, 3.8) is 0 Å². The van der Waals surface area contributed by atoms with E-state index in [2.05, 4.69) is 15.3 Å². The van der Waals surface area contributed by atoms with E-state index in [4.69, 9.17) is 11.6 Å². The second-order valence-corrected chi connectivity index (χ2v) is 5.06. The Morgan fingerprint density at radius 1 is 1.05 bits per heavy atom. The molecule has 1 N–H and O–H groups in total. The molecule has 0 aliphatic rings. The minimum Gasteiger partial charge on any atom is -0.290 e. The van der Waals surface area contributed by atoms with Crippen LogP contribution in [0.2, 0.25) is 5.15 Å². The van der Waals surface area contributed by atoms with Gasteiger partial charge in [-0.25, -0.2) is 9.97 Å². The molecule has 1 aromatic heterocycles. The zero-order valence-electron chi connectivity index (χ0n) is 11.3. The number of aryl methyl sites for hydroxylation is 1. The number of amides is 1. The first-order valence-electron chi connectivity index (χ1n) is 6.43. The molecule has 5 heteroatoms. The zero-order valence-corrected chi connectivity index (χ0v) is 12.1. The second-order valence-electron chi connectivity index (χ2n) is 4.67. The van der Waals surface area contributed by atoms with E-state index in [0.717, 1.165) is 10.8 Å². The summed E-state index contributed by atoms with van der Waals surface area (Å²) in [6.45, 7) is 1.79. The molecule has 1 heterocycles. The van der Waals surface area contributed by atoms with Crippen LogP contribution < -0.4 is 5.32 Å². The maximum absolute atomic E-state index is 12.2. The average Bonchev–Trinajstić information content (AvgIpc) is 2.45. The summed E-state index contributed by atoms with van der Waals surface area (Å²) in [6, 6.07) is 15.0. The Kier molecular flexibility index (Phi) is 3.54. The van der Waals surface area contributed by atoms with E-state index in [1.807, 2.05) is 36.4 Å². The smallest absolute Gasteiger partial charge is 0.258 e. The van der Waals surface area contributed by atoms with Gasteiger partial charge in [0, 0.05) is 11.3 Å². The van der Waals surface area contributed by atoms with E-state index in [1.165, 1.54) is 0 Å². The molecule has 104 valence electrons. The average molecular weight is 298 g/mol. The maximum Gasteiger partial charge on any atom is 0.258 e. The van der Waals surface area contributed by atoms with Gasteiger partial charge in [0.25, 0.3) is 5.91 Å². The van der Waals surface area contributed by atoms with Crippen LogP contribution in [0.3, 0.4) is 0 Å². The first-order chi connectivity index (χ1) is 10.1. The van der Waals surface area contributed by atoms with E-state index in [-0.39, 0.29) is 11.9 Å². The molecule has 0 atom stereocenters. The summed E-state index contributed by atoms with van der Waals surface area (Å²) >= 11 is 5.86. The van der Waals surface area contributed by atoms with Gasteiger partial charge in [-0.2, -0.15) is 0 Å². The molecule has 3 aromatic rings. The highest BCUT2D eigenvalue weighted by Gasteiger charge is 2.09. The quantitative estimate of drug-likeness (QED) is 0.731. The van der Waals surface area contributed by atoms with Crippen molar-refractivity contribution in [3.05, 3.63) is 64.9 Å². The molecule has 0 aliphatic heterocycles. The number of nitrogens with zero attached hydrogens (tertiary/aromatic N) is 2. The minimum atomic E-state index is -0.262. The summed E-state index contributed by atoms with van der Waals surface area (Å²) in [4.78, 5) is 20.4. The lowest BCUT2D eigenvalue weighted by Gasteiger charge is -2.06. The number of carbonyl (C=O) groups is 1. The summed E-state index contributed by atoms with van der Waals surface area (Å²) in [5.41, 5.74) is 1.25. The van der Waals surface area contributed by atoms with Gasteiger partial charge in [0.2, 0.25) is 5.95 Å². The van der Waals surface area contributed by atoms with Crippen LogP contribution >= 0.6 is 11.6 Å². The van der Waals surface area contributed by atoms with E-state index < -0.39 is 0 Å². The molecule has 0 radical (unpaired) electrons. The van der Waals surface area contributed by atoms with Crippen LogP contribution in [0, 0.1) is 6.92 Å². The molecule has 21 heavy (non-hydrogen) atoms. The predicted octanol–water partition coefficient (Wildman–Crippen LogP) is 3.84. The third-order valence-electron chi connectivity index (χ3n) is 3.06. The lowest BCUT2D eigenvalue weighted by atomic mass is 10.1. The molecule has 0 fully saturated rings. The highest BCUT2D eigenvalue weighted by molar-refractivity contribution is 6.29. The molecule has 2 aromatic carbocycles. The van der Waals surface area contributed by atoms with Crippen molar-refractivity contribution in [2.24, 2.45) is 0 Å². The Balaban J connectivity index is 1.89. The Bertz CT molecular complexity index is 812. The number of nitrogens with one attached hydrogen (secondary N) is 1. The molecule has 0 bridgehead atoms. The van der Waals surface area contributed by atoms with Gasteiger partial charge in [-0.1, -0.05) is 41.9 Å². The molecular weight excluding hydrogens is 286 g/mol. The van der Waals surface area contributed by atoms with Crippen LogP contribution in [-0.2, 0) is 0 Å². The number of anilines is 1. The van der Waals surface area contributed by atoms with Crippen LogP contribution in [0.1, 0.15) is 16.1 Å². The number of halogens is 1. The van der Waals surface area contributed by atoms with Gasteiger partial charge in [0.05, 0.1) is 0 Å². The SMILES string of the molecule is Cc1cc(Cl)nc(NC(=O)c2ccc3ccccc3c2)n1. The van der Waals surface area contributed by atoms with Crippen molar-refractivity contribution in [3.8, 4) is 0 Å². The molecular formula is C16H12ClN3O. The van der Waals surface area contributed by atoms with Crippen molar-refractivity contribution in [1.29, 1.82) is 0 Å². The van der Waals surface area contributed by atoms with Crippen molar-refractivity contribution in [1.82, 2.24) is 9.97 Å². The van der Waals surface area contributed by atoms with E-state index in [1.54, 1.807) is 19.1 Å². The highest BCUT2D eigenvalue weighted by atomic mass is 35.5. The predicted molar refractivity (Wildman–Crippen MR) is 83.7 cm³/mol. The Morgan fingerprint density at radius 2 is 1.81 bits per heavy atom. The Morgan fingerprint density at radius 3 is 2.57 bits per heavy atom. The molecule has 0 saturated heterocycles. The number of hydrogen-bond donors (Lipinski definition) is 1. The van der Waals surface area contributed by atoms with Crippen LogP contribution in [0.5, 0.6) is 0 Å². The Hall–Kier alpha value is -2.46. The fourth-order valence-electron chi connectivity index (χ4n) is 2.09. The van der Waals surface area contributed by atoms with Gasteiger partial charge in [-0.3, -0.25) is 10.1 Å². The summed E-state index contributed by atoms with van der Waals surface area (Å²) in [7, 11) is 0. The van der Waals surface area contributed by atoms with Crippen LogP contribution in [-0.4, -0.2) is 15.9 Å². The molecule has 0 aliphatic carbocycles. The third kappa shape index (κ3) is 3.01. The summed E-state index contributed by atoms with van der Waals surface area (Å²) < 4.78 is 0. The van der Waals surface area contributed by atoms with E-state index >= 15 is 0 Å². The summed E-state index contributed by atoms with van der Waals surface area (Å²) in [6.07, 6.45) is 0. The topological polar surface area (TPSA) is 54.9 Å². The lowest BCUT2D eigenvalue weighted by molar-refractivity contribution is 0.102. The maximum atomic E-state index is 12.2. The monoisotopic (exact) mass is 297 g/mol. The molecule has 4 nitrogen and oxygen atoms in total. The largest absolute Gasteiger partial charge is 0.290 e. The minimum absolute atomic E-state index is 0.207. The van der Waals surface area contributed by atoms with Crippen LogP contribution in [0.25, 0.3) is 10.8 Å². The fourth-order valence-corrected chi connectivity index (χ4v) is 2.33. The molecule has 0 spiro atoms. The standard InChI is InChI=1S/C16H12ClN3O/c1-10-8-14(17)19-16(18-10)20-15(21)13-7-6-11-4-2-3-5-12(11)9-13/h2-9H,1H3,(H,18,19,20,21). The lowest BCUT2D eigenvalue weighted by Crippen LogP contribution is -2.14. The van der Waals surface area contributed by atoms with Crippen molar-refractivity contribution in [2.45, 2.75) is 6.92 Å². The van der Waals surface area contributed by atoms with Crippen molar-refractivity contribution in [2.75, 3.05) is 5.32 Å².